The topological polar surface area (TPSA) is 29.5 Å². The highest BCUT2D eigenvalue weighted by atomic mass is 28.1. The molecule has 1 N–H and O–H groups in total. The van der Waals surface area contributed by atoms with E-state index < -0.39 is 5.60 Å². The molecule has 0 saturated heterocycles. The molecule has 0 unspecified atom stereocenters. The summed E-state index contributed by atoms with van der Waals surface area (Å²) in [5.74, 6) is 0.943. The lowest BCUT2D eigenvalue weighted by Gasteiger charge is -2.33. The third kappa shape index (κ3) is 2.36. The molecule has 0 aromatic heterocycles. The van der Waals surface area contributed by atoms with E-state index in [-0.39, 0.29) is 0 Å². The monoisotopic (exact) mass is 286 g/mol. The summed E-state index contributed by atoms with van der Waals surface area (Å²) in [6, 6.07) is 12.4. The minimum absolute atomic E-state index is 0.655. The molecule has 2 nitrogen and oxygen atoms in total. The van der Waals surface area contributed by atoms with Crippen LogP contribution in [0.25, 0.3) is 10.8 Å². The SMILES string of the molecule is OC1(c2ccc(OC[SiH3])c3ccccc23)CCCCC1. The highest BCUT2D eigenvalue weighted by Gasteiger charge is 2.32. The molecular formula is C17H22O2Si. The zero-order valence-electron chi connectivity index (χ0n) is 12.1. The van der Waals surface area contributed by atoms with Gasteiger partial charge in [0.2, 0.25) is 0 Å². The van der Waals surface area contributed by atoms with Gasteiger partial charge in [0, 0.05) is 5.39 Å². The Balaban J connectivity index is 2.14. The average Bonchev–Trinajstić information content (AvgIpc) is 2.48. The van der Waals surface area contributed by atoms with Gasteiger partial charge in [-0.2, -0.15) is 0 Å². The minimum Gasteiger partial charge on any atom is -0.498 e. The Morgan fingerprint density at radius 2 is 1.70 bits per heavy atom. The fourth-order valence-electron chi connectivity index (χ4n) is 3.36. The molecule has 0 bridgehead atoms. The minimum atomic E-state index is -0.655. The molecule has 2 aromatic rings. The van der Waals surface area contributed by atoms with Crippen molar-refractivity contribution in [3.8, 4) is 5.75 Å². The molecule has 3 rings (SSSR count). The van der Waals surface area contributed by atoms with Crippen molar-refractivity contribution >= 4 is 21.0 Å². The standard InChI is InChI=1S/C17H22O2Si/c18-17(10-4-1-5-11-17)15-8-9-16(19-12-20)14-7-3-2-6-13(14)15/h2-3,6-9,18H,1,4-5,10-12H2,20H3. The Bertz CT molecular complexity index is 603. The van der Waals surface area contributed by atoms with E-state index in [1.165, 1.54) is 6.42 Å². The van der Waals surface area contributed by atoms with Gasteiger partial charge in [0.05, 0.1) is 22.1 Å². The van der Waals surface area contributed by atoms with E-state index >= 15 is 0 Å². The maximum atomic E-state index is 11.0. The Labute approximate surface area is 123 Å². The number of fused-ring (bicyclic) bond motifs is 1. The number of hydrogen-bond acceptors (Lipinski definition) is 2. The predicted octanol–water partition coefficient (Wildman–Crippen LogP) is 2.69. The molecule has 0 amide bonds. The Morgan fingerprint density at radius 1 is 1.00 bits per heavy atom. The van der Waals surface area contributed by atoms with E-state index in [1.54, 1.807) is 0 Å². The first-order chi connectivity index (χ1) is 9.74. The van der Waals surface area contributed by atoms with Gasteiger partial charge in [0.25, 0.3) is 0 Å². The summed E-state index contributed by atoms with van der Waals surface area (Å²) >= 11 is 0. The van der Waals surface area contributed by atoms with E-state index in [4.69, 9.17) is 4.74 Å². The number of aliphatic hydroxyl groups is 1. The van der Waals surface area contributed by atoms with Gasteiger partial charge in [0.15, 0.2) is 0 Å². The van der Waals surface area contributed by atoms with E-state index in [0.29, 0.717) is 0 Å². The highest BCUT2D eigenvalue weighted by Crippen LogP contribution is 2.41. The molecule has 0 aliphatic heterocycles. The molecule has 0 spiro atoms. The van der Waals surface area contributed by atoms with Crippen LogP contribution in [0.5, 0.6) is 5.75 Å². The average molecular weight is 286 g/mol. The summed E-state index contributed by atoms with van der Waals surface area (Å²) in [7, 11) is 1.03. The van der Waals surface area contributed by atoms with Crippen molar-refractivity contribution in [1.82, 2.24) is 0 Å². The second-order valence-corrected chi connectivity index (χ2v) is 6.26. The molecule has 1 aliphatic rings. The molecule has 1 fully saturated rings. The molecule has 3 heteroatoms. The zero-order chi connectivity index (χ0) is 14.0. The summed E-state index contributed by atoms with van der Waals surface area (Å²) < 4.78 is 5.77. The Hall–Kier alpha value is -1.32. The van der Waals surface area contributed by atoms with Gasteiger partial charge in [-0.3, -0.25) is 0 Å². The normalized spacial score (nSPS) is 18.2. The maximum Gasteiger partial charge on any atom is 0.126 e. The van der Waals surface area contributed by atoms with Crippen LogP contribution >= 0.6 is 0 Å². The summed E-state index contributed by atoms with van der Waals surface area (Å²) in [4.78, 5) is 0. The van der Waals surface area contributed by atoms with Crippen LogP contribution in [0, 0.1) is 0 Å². The van der Waals surface area contributed by atoms with Crippen molar-refractivity contribution in [3.05, 3.63) is 42.0 Å². The molecule has 0 atom stereocenters. The lowest BCUT2D eigenvalue weighted by molar-refractivity contribution is 0.000744. The molecule has 2 aromatic carbocycles. The van der Waals surface area contributed by atoms with Gasteiger partial charge in [-0.1, -0.05) is 49.6 Å². The molecule has 20 heavy (non-hydrogen) atoms. The number of hydrogen-bond donors (Lipinski definition) is 1. The summed E-state index contributed by atoms with van der Waals surface area (Å²) in [6.07, 6.45) is 6.01. The summed E-state index contributed by atoms with van der Waals surface area (Å²) in [6.45, 7) is 0. The largest absolute Gasteiger partial charge is 0.498 e. The third-order valence-electron chi connectivity index (χ3n) is 4.37. The van der Waals surface area contributed by atoms with E-state index in [2.05, 4.69) is 18.2 Å². The van der Waals surface area contributed by atoms with Crippen LogP contribution in [0.15, 0.2) is 36.4 Å². The fourth-order valence-corrected chi connectivity index (χ4v) is 3.68. The maximum absolute atomic E-state index is 11.0. The fraction of sp³-hybridized carbons (Fsp3) is 0.412. The lowest BCUT2D eigenvalue weighted by atomic mass is 9.78. The van der Waals surface area contributed by atoms with Gasteiger partial charge in [-0.25, -0.2) is 0 Å². The molecule has 1 aliphatic carbocycles. The van der Waals surface area contributed by atoms with Crippen molar-refractivity contribution in [2.45, 2.75) is 37.7 Å². The van der Waals surface area contributed by atoms with Crippen molar-refractivity contribution in [1.29, 1.82) is 0 Å². The van der Waals surface area contributed by atoms with Gasteiger partial charge in [-0.15, -0.1) is 0 Å². The first kappa shape index (κ1) is 13.7. The zero-order valence-corrected chi connectivity index (χ0v) is 14.1. The van der Waals surface area contributed by atoms with Gasteiger partial charge in [0.1, 0.15) is 5.75 Å². The van der Waals surface area contributed by atoms with E-state index in [9.17, 15) is 5.11 Å². The molecule has 0 heterocycles. The predicted molar refractivity (Wildman–Crippen MR) is 86.4 cm³/mol. The number of benzene rings is 2. The second-order valence-electron chi connectivity index (χ2n) is 5.68. The molecule has 0 radical (unpaired) electrons. The number of rotatable bonds is 3. The van der Waals surface area contributed by atoms with Crippen LogP contribution in [-0.2, 0) is 5.60 Å². The van der Waals surface area contributed by atoms with Crippen LogP contribution in [-0.4, -0.2) is 21.6 Å². The van der Waals surface area contributed by atoms with Gasteiger partial charge in [-0.05, 0) is 29.9 Å². The first-order valence-electron chi connectivity index (χ1n) is 7.62. The molecule has 106 valence electrons. The third-order valence-corrected chi connectivity index (χ3v) is 4.65. The van der Waals surface area contributed by atoms with Crippen molar-refractivity contribution in [2.75, 3.05) is 6.23 Å². The second kappa shape index (κ2) is 5.58. The summed E-state index contributed by atoms with van der Waals surface area (Å²) in [5.41, 5.74) is 0.422. The van der Waals surface area contributed by atoms with Crippen molar-refractivity contribution < 1.29 is 9.84 Å². The Morgan fingerprint density at radius 3 is 2.40 bits per heavy atom. The van der Waals surface area contributed by atoms with E-state index in [0.717, 1.165) is 64.2 Å². The number of ether oxygens (including phenoxy) is 1. The van der Waals surface area contributed by atoms with Crippen LogP contribution in [0.2, 0.25) is 0 Å². The van der Waals surface area contributed by atoms with Crippen molar-refractivity contribution in [2.24, 2.45) is 0 Å². The lowest BCUT2D eigenvalue weighted by Crippen LogP contribution is -2.28. The van der Waals surface area contributed by atoms with E-state index in [1.807, 2.05) is 18.2 Å². The van der Waals surface area contributed by atoms with Crippen LogP contribution in [0.1, 0.15) is 37.7 Å². The smallest absolute Gasteiger partial charge is 0.126 e. The quantitative estimate of drug-likeness (QED) is 0.879. The van der Waals surface area contributed by atoms with Gasteiger partial charge < -0.3 is 9.84 Å². The van der Waals surface area contributed by atoms with Crippen molar-refractivity contribution in [3.63, 3.8) is 0 Å². The van der Waals surface area contributed by atoms with Crippen LogP contribution in [0.4, 0.5) is 0 Å². The first-order valence-corrected chi connectivity index (χ1v) is 9.03. The molecular weight excluding hydrogens is 264 g/mol. The Kier molecular flexibility index (Phi) is 3.81. The van der Waals surface area contributed by atoms with Gasteiger partial charge >= 0.3 is 0 Å². The molecule has 1 saturated carbocycles. The highest BCUT2D eigenvalue weighted by molar-refractivity contribution is 6.08. The van der Waals surface area contributed by atoms with Crippen LogP contribution in [0.3, 0.4) is 0 Å². The summed E-state index contributed by atoms with van der Waals surface area (Å²) in [5, 5.41) is 13.3. The van der Waals surface area contributed by atoms with Crippen LogP contribution < -0.4 is 4.74 Å².